The number of rotatable bonds is 3. The van der Waals surface area contributed by atoms with Crippen molar-refractivity contribution in [2.45, 2.75) is 45.6 Å². The number of aryl methyl sites for hydroxylation is 2. The fourth-order valence-corrected chi connectivity index (χ4v) is 2.92. The zero-order valence-corrected chi connectivity index (χ0v) is 10.6. The average molecular weight is 229 g/mol. The van der Waals surface area contributed by atoms with Crippen LogP contribution in [-0.2, 0) is 4.79 Å². The molecule has 1 aromatic rings. The summed E-state index contributed by atoms with van der Waals surface area (Å²) in [6.45, 7) is 4.19. The number of carbonyl (C=O) groups excluding carboxylic acids is 1. The summed E-state index contributed by atoms with van der Waals surface area (Å²) >= 11 is 0. The van der Waals surface area contributed by atoms with Gasteiger partial charge < -0.3 is 0 Å². The molecular weight excluding hydrogens is 210 g/mol. The molecule has 0 spiro atoms. The molecule has 0 N–H and O–H groups in total. The summed E-state index contributed by atoms with van der Waals surface area (Å²) in [4.78, 5) is 14.7. The highest BCUT2D eigenvalue weighted by Gasteiger charge is 2.27. The molecule has 1 aliphatic rings. The Labute approximate surface area is 103 Å². The maximum absolute atomic E-state index is 10.6. The second-order valence-corrected chi connectivity index (χ2v) is 5.07. The summed E-state index contributed by atoms with van der Waals surface area (Å²) in [5.74, 6) is 0.526. The molecule has 1 aliphatic carbocycles. The molecule has 1 atom stereocenters. The van der Waals surface area contributed by atoms with Crippen molar-refractivity contribution in [1.29, 1.82) is 0 Å². The molecule has 1 aromatic carbocycles. The Balaban J connectivity index is 2.34. The lowest BCUT2D eigenvalue weighted by Gasteiger charge is -2.20. The summed E-state index contributed by atoms with van der Waals surface area (Å²) in [7, 11) is 0. The average Bonchev–Trinajstić information content (AvgIpc) is 2.80. The van der Waals surface area contributed by atoms with Gasteiger partial charge in [-0.05, 0) is 43.7 Å². The van der Waals surface area contributed by atoms with Crippen LogP contribution in [0.3, 0.4) is 0 Å². The molecule has 0 radical (unpaired) electrons. The fourth-order valence-electron chi connectivity index (χ4n) is 2.92. The second kappa shape index (κ2) is 5.29. The fraction of sp³-hybridized carbons (Fsp3) is 0.533. The van der Waals surface area contributed by atoms with E-state index in [2.05, 4.69) is 37.0 Å². The van der Waals surface area contributed by atoms with Crippen LogP contribution >= 0.6 is 0 Å². The highest BCUT2D eigenvalue weighted by atomic mass is 16.1. The Morgan fingerprint density at radius 3 is 2.59 bits per heavy atom. The van der Waals surface area contributed by atoms with Gasteiger partial charge in [0.25, 0.3) is 0 Å². The highest BCUT2D eigenvalue weighted by Crippen LogP contribution is 2.39. The van der Waals surface area contributed by atoms with Crippen LogP contribution in [-0.4, -0.2) is 6.08 Å². The van der Waals surface area contributed by atoms with Gasteiger partial charge >= 0.3 is 0 Å². The van der Waals surface area contributed by atoms with Crippen molar-refractivity contribution in [2.75, 3.05) is 0 Å². The van der Waals surface area contributed by atoms with Gasteiger partial charge in [-0.15, -0.1) is 0 Å². The summed E-state index contributed by atoms with van der Waals surface area (Å²) < 4.78 is 0. The highest BCUT2D eigenvalue weighted by molar-refractivity contribution is 5.39. The predicted octanol–water partition coefficient (Wildman–Crippen LogP) is 3.87. The molecule has 0 aliphatic heterocycles. The number of hydrogen-bond acceptors (Lipinski definition) is 2. The Bertz CT molecular complexity index is 440. The molecule has 90 valence electrons. The largest absolute Gasteiger partial charge is 0.235 e. The van der Waals surface area contributed by atoms with Gasteiger partial charge in [-0.1, -0.05) is 36.6 Å². The van der Waals surface area contributed by atoms with Crippen molar-refractivity contribution in [2.24, 2.45) is 10.9 Å². The van der Waals surface area contributed by atoms with Crippen LogP contribution in [0.4, 0.5) is 0 Å². The summed E-state index contributed by atoms with van der Waals surface area (Å²) in [5.41, 5.74) is 3.69. The molecule has 0 amide bonds. The lowest BCUT2D eigenvalue weighted by atomic mass is 9.89. The first kappa shape index (κ1) is 12.1. The van der Waals surface area contributed by atoms with Crippen molar-refractivity contribution in [1.82, 2.24) is 0 Å². The Kier molecular flexibility index (Phi) is 3.75. The molecule has 0 saturated heterocycles. The first-order valence-electron chi connectivity index (χ1n) is 6.36. The Hall–Kier alpha value is -1.40. The summed E-state index contributed by atoms with van der Waals surface area (Å²) in [5, 5.41) is 0. The molecule has 2 rings (SSSR count). The number of benzene rings is 1. The van der Waals surface area contributed by atoms with Gasteiger partial charge in [0.2, 0.25) is 6.08 Å². The minimum absolute atomic E-state index is 0.0237. The van der Waals surface area contributed by atoms with E-state index in [0.717, 1.165) is 0 Å². The number of isocyanates is 1. The standard InChI is InChI=1S/C15H19NO/c1-11-7-8-14(12(2)9-11)15(16-10-17)13-5-3-4-6-13/h7-9,13,15H,3-6H2,1-2H3. The van der Waals surface area contributed by atoms with E-state index in [0.29, 0.717) is 5.92 Å². The molecule has 17 heavy (non-hydrogen) atoms. The lowest BCUT2D eigenvalue weighted by molar-refractivity contribution is 0.441. The van der Waals surface area contributed by atoms with Crippen LogP contribution in [0, 0.1) is 19.8 Å². The van der Waals surface area contributed by atoms with E-state index >= 15 is 0 Å². The van der Waals surface area contributed by atoms with Gasteiger partial charge in [0.05, 0.1) is 6.04 Å². The van der Waals surface area contributed by atoms with Crippen LogP contribution in [0.25, 0.3) is 0 Å². The van der Waals surface area contributed by atoms with Gasteiger partial charge in [0.1, 0.15) is 0 Å². The first-order chi connectivity index (χ1) is 8.22. The molecule has 0 aromatic heterocycles. The third-order valence-electron chi connectivity index (χ3n) is 3.78. The van der Waals surface area contributed by atoms with Crippen LogP contribution < -0.4 is 0 Å². The zero-order chi connectivity index (χ0) is 12.3. The molecule has 1 saturated carbocycles. The van der Waals surface area contributed by atoms with E-state index in [1.165, 1.54) is 42.4 Å². The third kappa shape index (κ3) is 2.65. The maximum atomic E-state index is 10.6. The van der Waals surface area contributed by atoms with Crippen molar-refractivity contribution < 1.29 is 4.79 Å². The smallest absolute Gasteiger partial charge is 0.211 e. The SMILES string of the molecule is Cc1ccc(C(N=C=O)C2CCCC2)c(C)c1. The quantitative estimate of drug-likeness (QED) is 0.571. The number of aliphatic imine (C=N–C) groups is 1. The Morgan fingerprint density at radius 2 is 2.00 bits per heavy atom. The van der Waals surface area contributed by atoms with Gasteiger partial charge in [-0.2, -0.15) is 4.99 Å². The van der Waals surface area contributed by atoms with Gasteiger partial charge in [0.15, 0.2) is 0 Å². The summed E-state index contributed by atoms with van der Waals surface area (Å²) in [6, 6.07) is 6.41. The Morgan fingerprint density at radius 1 is 1.29 bits per heavy atom. The lowest BCUT2D eigenvalue weighted by Crippen LogP contribution is -2.09. The molecule has 0 bridgehead atoms. The van der Waals surface area contributed by atoms with Crippen molar-refractivity contribution in [3.05, 3.63) is 34.9 Å². The molecule has 0 heterocycles. The molecular formula is C15H19NO. The van der Waals surface area contributed by atoms with Crippen molar-refractivity contribution >= 4 is 6.08 Å². The van der Waals surface area contributed by atoms with Gasteiger partial charge in [-0.3, -0.25) is 0 Å². The monoisotopic (exact) mass is 229 g/mol. The van der Waals surface area contributed by atoms with Crippen molar-refractivity contribution in [3.63, 3.8) is 0 Å². The van der Waals surface area contributed by atoms with Crippen molar-refractivity contribution in [3.8, 4) is 0 Å². The number of nitrogens with zero attached hydrogens (tertiary/aromatic N) is 1. The van der Waals surface area contributed by atoms with Crippen LogP contribution in [0.15, 0.2) is 23.2 Å². The maximum Gasteiger partial charge on any atom is 0.235 e. The predicted molar refractivity (Wildman–Crippen MR) is 68.7 cm³/mol. The number of hydrogen-bond donors (Lipinski definition) is 0. The van der Waals surface area contributed by atoms with E-state index in [1.54, 1.807) is 6.08 Å². The van der Waals surface area contributed by atoms with E-state index in [-0.39, 0.29) is 6.04 Å². The second-order valence-electron chi connectivity index (χ2n) is 5.07. The molecule has 1 unspecified atom stereocenters. The molecule has 2 heteroatoms. The van der Waals surface area contributed by atoms with E-state index in [1.807, 2.05) is 0 Å². The van der Waals surface area contributed by atoms with Crippen LogP contribution in [0.2, 0.25) is 0 Å². The zero-order valence-electron chi connectivity index (χ0n) is 10.6. The van der Waals surface area contributed by atoms with Gasteiger partial charge in [-0.25, -0.2) is 4.79 Å². The normalized spacial score (nSPS) is 17.8. The minimum atomic E-state index is 0.0237. The van der Waals surface area contributed by atoms with Crippen LogP contribution in [0.1, 0.15) is 48.4 Å². The van der Waals surface area contributed by atoms with E-state index in [4.69, 9.17) is 0 Å². The third-order valence-corrected chi connectivity index (χ3v) is 3.78. The van der Waals surface area contributed by atoms with E-state index in [9.17, 15) is 4.79 Å². The molecule has 2 nitrogen and oxygen atoms in total. The molecule has 1 fully saturated rings. The minimum Gasteiger partial charge on any atom is -0.211 e. The first-order valence-corrected chi connectivity index (χ1v) is 6.36. The van der Waals surface area contributed by atoms with Crippen LogP contribution in [0.5, 0.6) is 0 Å². The van der Waals surface area contributed by atoms with E-state index < -0.39 is 0 Å². The van der Waals surface area contributed by atoms with Gasteiger partial charge in [0, 0.05) is 0 Å². The topological polar surface area (TPSA) is 29.4 Å². The summed E-state index contributed by atoms with van der Waals surface area (Å²) in [6.07, 6.45) is 6.66.